The number of hydrogen-bond donors (Lipinski definition) is 1. The summed E-state index contributed by atoms with van der Waals surface area (Å²) in [6.07, 6.45) is 1.08. The van der Waals surface area contributed by atoms with E-state index in [1.165, 1.54) is 6.07 Å². The van der Waals surface area contributed by atoms with Gasteiger partial charge in [-0.05, 0) is 56.7 Å². The average Bonchev–Trinajstić information content (AvgIpc) is 2.99. The predicted octanol–water partition coefficient (Wildman–Crippen LogP) is 3.86. The SMILES string of the molecule is CC(C)(C)OC(=O)N[C@H]1CN(c2ccccn2)C[C@@H]1c1cc(F)ccc1F. The first-order chi connectivity index (χ1) is 12.7. The molecule has 1 aromatic carbocycles. The fraction of sp³-hybridized carbons (Fsp3) is 0.400. The smallest absolute Gasteiger partial charge is 0.407 e. The fourth-order valence-corrected chi connectivity index (χ4v) is 3.25. The summed E-state index contributed by atoms with van der Waals surface area (Å²) in [5.41, 5.74) is -0.419. The highest BCUT2D eigenvalue weighted by Gasteiger charge is 2.37. The summed E-state index contributed by atoms with van der Waals surface area (Å²) in [6.45, 7) is 6.12. The Morgan fingerprint density at radius 2 is 2.00 bits per heavy atom. The Morgan fingerprint density at radius 1 is 1.22 bits per heavy atom. The van der Waals surface area contributed by atoms with Gasteiger partial charge in [-0.1, -0.05) is 6.07 Å². The van der Waals surface area contributed by atoms with Gasteiger partial charge >= 0.3 is 6.09 Å². The van der Waals surface area contributed by atoms with Crippen molar-refractivity contribution in [2.75, 3.05) is 18.0 Å². The normalized spacial score (nSPS) is 19.8. The molecule has 1 amide bonds. The van der Waals surface area contributed by atoms with Crippen molar-refractivity contribution in [1.82, 2.24) is 10.3 Å². The second-order valence-electron chi connectivity index (χ2n) is 7.62. The van der Waals surface area contributed by atoms with Gasteiger partial charge in [0.1, 0.15) is 23.1 Å². The lowest BCUT2D eigenvalue weighted by molar-refractivity contribution is 0.0504. The van der Waals surface area contributed by atoms with Crippen molar-refractivity contribution in [2.45, 2.75) is 38.3 Å². The quantitative estimate of drug-likeness (QED) is 0.885. The molecule has 2 atom stereocenters. The summed E-state index contributed by atoms with van der Waals surface area (Å²) in [4.78, 5) is 18.5. The number of nitrogens with one attached hydrogen (secondary N) is 1. The summed E-state index contributed by atoms with van der Waals surface area (Å²) in [7, 11) is 0. The van der Waals surface area contributed by atoms with E-state index in [2.05, 4.69) is 10.3 Å². The molecule has 2 aromatic rings. The second kappa shape index (κ2) is 7.50. The molecule has 0 spiro atoms. The van der Waals surface area contributed by atoms with Crippen molar-refractivity contribution in [2.24, 2.45) is 0 Å². The molecule has 0 saturated carbocycles. The van der Waals surface area contributed by atoms with Crippen LogP contribution in [0.25, 0.3) is 0 Å². The van der Waals surface area contributed by atoms with Crippen molar-refractivity contribution < 1.29 is 18.3 Å². The minimum Gasteiger partial charge on any atom is -0.444 e. The van der Waals surface area contributed by atoms with Gasteiger partial charge in [-0.3, -0.25) is 0 Å². The first-order valence-corrected chi connectivity index (χ1v) is 8.83. The first-order valence-electron chi connectivity index (χ1n) is 8.83. The van der Waals surface area contributed by atoms with Crippen LogP contribution in [-0.4, -0.2) is 35.8 Å². The number of aromatic nitrogens is 1. The molecule has 1 saturated heterocycles. The maximum absolute atomic E-state index is 14.4. The van der Waals surface area contributed by atoms with E-state index in [-0.39, 0.29) is 5.56 Å². The van der Waals surface area contributed by atoms with E-state index in [4.69, 9.17) is 4.74 Å². The number of anilines is 1. The number of halogens is 2. The lowest BCUT2D eigenvalue weighted by atomic mass is 9.94. The molecule has 0 unspecified atom stereocenters. The molecule has 1 aromatic heterocycles. The van der Waals surface area contributed by atoms with Crippen LogP contribution in [0.1, 0.15) is 32.3 Å². The Bertz CT molecular complexity index is 809. The van der Waals surface area contributed by atoms with Crippen molar-refractivity contribution in [1.29, 1.82) is 0 Å². The molecule has 1 aliphatic heterocycles. The van der Waals surface area contributed by atoms with Gasteiger partial charge in [0.2, 0.25) is 0 Å². The summed E-state index contributed by atoms with van der Waals surface area (Å²) in [5.74, 6) is -0.734. The fourth-order valence-electron chi connectivity index (χ4n) is 3.25. The largest absolute Gasteiger partial charge is 0.444 e. The molecule has 0 aliphatic carbocycles. The van der Waals surface area contributed by atoms with Crippen LogP contribution in [0.2, 0.25) is 0 Å². The zero-order valence-corrected chi connectivity index (χ0v) is 15.6. The molecule has 1 aliphatic rings. The number of carbonyl (C=O) groups is 1. The van der Waals surface area contributed by atoms with E-state index in [1.807, 2.05) is 17.0 Å². The van der Waals surface area contributed by atoms with Gasteiger partial charge in [-0.2, -0.15) is 0 Å². The first kappa shape index (κ1) is 19.1. The van der Waals surface area contributed by atoms with E-state index in [0.717, 1.165) is 12.1 Å². The van der Waals surface area contributed by atoms with Gasteiger partial charge < -0.3 is 15.0 Å². The number of hydrogen-bond acceptors (Lipinski definition) is 4. The number of alkyl carbamates (subject to hydrolysis) is 1. The minimum absolute atomic E-state index is 0.231. The van der Waals surface area contributed by atoms with Gasteiger partial charge in [-0.15, -0.1) is 0 Å². The summed E-state index contributed by atoms with van der Waals surface area (Å²) in [5, 5.41) is 2.81. The third-order valence-electron chi connectivity index (χ3n) is 4.35. The molecule has 2 heterocycles. The maximum atomic E-state index is 14.4. The van der Waals surface area contributed by atoms with Crippen LogP contribution in [-0.2, 0) is 4.74 Å². The third kappa shape index (κ3) is 4.72. The van der Waals surface area contributed by atoms with Crippen molar-refractivity contribution in [3.8, 4) is 0 Å². The molecule has 7 heteroatoms. The van der Waals surface area contributed by atoms with Crippen LogP contribution < -0.4 is 10.2 Å². The highest BCUT2D eigenvalue weighted by Crippen LogP contribution is 2.32. The Kier molecular flexibility index (Phi) is 5.30. The Balaban J connectivity index is 1.87. The van der Waals surface area contributed by atoms with Crippen LogP contribution >= 0.6 is 0 Å². The Morgan fingerprint density at radius 3 is 2.67 bits per heavy atom. The zero-order chi connectivity index (χ0) is 19.6. The van der Waals surface area contributed by atoms with Crippen LogP contribution in [0, 0.1) is 11.6 Å². The van der Waals surface area contributed by atoms with E-state index < -0.39 is 35.3 Å². The van der Waals surface area contributed by atoms with Crippen molar-refractivity contribution >= 4 is 11.9 Å². The molecular formula is C20H23F2N3O2. The van der Waals surface area contributed by atoms with Crippen molar-refractivity contribution in [3.63, 3.8) is 0 Å². The Hall–Kier alpha value is -2.70. The topological polar surface area (TPSA) is 54.5 Å². The maximum Gasteiger partial charge on any atom is 0.407 e. The van der Waals surface area contributed by atoms with Crippen LogP contribution in [0.3, 0.4) is 0 Å². The molecular weight excluding hydrogens is 352 g/mol. The van der Waals surface area contributed by atoms with E-state index in [1.54, 1.807) is 33.0 Å². The van der Waals surface area contributed by atoms with Gasteiger partial charge in [0.25, 0.3) is 0 Å². The van der Waals surface area contributed by atoms with E-state index in [9.17, 15) is 13.6 Å². The number of pyridine rings is 1. The monoisotopic (exact) mass is 375 g/mol. The van der Waals surface area contributed by atoms with Gasteiger partial charge in [0, 0.05) is 25.2 Å². The highest BCUT2D eigenvalue weighted by molar-refractivity contribution is 5.68. The van der Waals surface area contributed by atoms with E-state index >= 15 is 0 Å². The van der Waals surface area contributed by atoms with Crippen LogP contribution in [0.5, 0.6) is 0 Å². The lowest BCUT2D eigenvalue weighted by Crippen LogP contribution is -2.42. The number of rotatable bonds is 3. The minimum atomic E-state index is -0.650. The number of ether oxygens (including phenoxy) is 1. The number of amides is 1. The zero-order valence-electron chi connectivity index (χ0n) is 15.6. The molecule has 27 heavy (non-hydrogen) atoms. The molecule has 1 N–H and O–H groups in total. The lowest BCUT2D eigenvalue weighted by Gasteiger charge is -2.24. The highest BCUT2D eigenvalue weighted by atomic mass is 19.1. The molecule has 3 rings (SSSR count). The van der Waals surface area contributed by atoms with Gasteiger partial charge in [-0.25, -0.2) is 18.6 Å². The molecule has 0 bridgehead atoms. The predicted molar refractivity (Wildman–Crippen MR) is 98.7 cm³/mol. The molecule has 0 radical (unpaired) electrons. The standard InChI is InChI=1S/C20H23F2N3O2/c1-20(2,3)27-19(26)24-17-12-25(18-6-4-5-9-23-18)11-15(17)14-10-13(21)7-8-16(14)22/h4-10,15,17H,11-12H2,1-3H3,(H,24,26)/t15-,17+/m1/s1. The molecule has 1 fully saturated rings. The third-order valence-corrected chi connectivity index (χ3v) is 4.35. The molecule has 144 valence electrons. The second-order valence-corrected chi connectivity index (χ2v) is 7.62. The number of nitrogens with zero attached hydrogens (tertiary/aromatic N) is 2. The van der Waals surface area contributed by atoms with E-state index in [0.29, 0.717) is 18.9 Å². The van der Waals surface area contributed by atoms with Crippen LogP contribution in [0.15, 0.2) is 42.6 Å². The summed E-state index contributed by atoms with van der Waals surface area (Å²) < 4.78 is 33.4. The number of carbonyl (C=O) groups excluding carboxylic acids is 1. The summed E-state index contributed by atoms with van der Waals surface area (Å²) in [6, 6.07) is 8.44. The van der Waals surface area contributed by atoms with Crippen molar-refractivity contribution in [3.05, 3.63) is 59.8 Å². The van der Waals surface area contributed by atoms with Gasteiger partial charge in [0.05, 0.1) is 6.04 Å². The summed E-state index contributed by atoms with van der Waals surface area (Å²) >= 11 is 0. The van der Waals surface area contributed by atoms with Crippen LogP contribution in [0.4, 0.5) is 19.4 Å². The van der Waals surface area contributed by atoms with Gasteiger partial charge in [0.15, 0.2) is 0 Å². The Labute approximate surface area is 157 Å². The molecule has 5 nitrogen and oxygen atoms in total. The average molecular weight is 375 g/mol. The number of benzene rings is 1.